The topological polar surface area (TPSA) is 83.1 Å². The number of nitrogens with zero attached hydrogens (tertiary/aromatic N) is 2. The van der Waals surface area contributed by atoms with Crippen LogP contribution in [0.2, 0.25) is 0 Å². The molecule has 3 atom stereocenters. The zero-order chi connectivity index (χ0) is 22.0. The van der Waals surface area contributed by atoms with Crippen LogP contribution in [0.5, 0.6) is 11.5 Å². The van der Waals surface area contributed by atoms with Gasteiger partial charge in [0.2, 0.25) is 11.8 Å². The third kappa shape index (κ3) is 4.08. The van der Waals surface area contributed by atoms with Crippen molar-refractivity contribution in [3.05, 3.63) is 48.5 Å². The van der Waals surface area contributed by atoms with Gasteiger partial charge in [-0.05, 0) is 30.8 Å². The number of methoxy groups -OCH3 is 2. The molecular formula is C23H28N4O4. The van der Waals surface area contributed by atoms with Gasteiger partial charge in [-0.1, -0.05) is 25.1 Å². The Kier molecular flexibility index (Phi) is 6.11. The van der Waals surface area contributed by atoms with Crippen molar-refractivity contribution in [2.75, 3.05) is 44.2 Å². The number of rotatable bonds is 6. The summed E-state index contributed by atoms with van der Waals surface area (Å²) >= 11 is 0. The average molecular weight is 425 g/mol. The molecule has 0 radical (unpaired) electrons. The summed E-state index contributed by atoms with van der Waals surface area (Å²) in [6.45, 7) is 4.03. The molecule has 2 aromatic rings. The minimum atomic E-state index is -0.400. The third-order valence-electron chi connectivity index (χ3n) is 6.06. The van der Waals surface area contributed by atoms with E-state index in [9.17, 15) is 9.59 Å². The normalized spacial score (nSPS) is 23.4. The molecule has 164 valence electrons. The summed E-state index contributed by atoms with van der Waals surface area (Å²) in [6.07, 6.45) is 0. The summed E-state index contributed by atoms with van der Waals surface area (Å²) in [5.74, 6) is 0.326. The van der Waals surface area contributed by atoms with E-state index >= 15 is 0 Å². The summed E-state index contributed by atoms with van der Waals surface area (Å²) < 4.78 is 10.6. The van der Waals surface area contributed by atoms with Crippen LogP contribution in [0.25, 0.3) is 0 Å². The predicted molar refractivity (Wildman–Crippen MR) is 118 cm³/mol. The number of piperidine rings is 1. The Bertz CT molecular complexity index is 952. The second kappa shape index (κ2) is 8.95. The van der Waals surface area contributed by atoms with Crippen molar-refractivity contribution in [2.45, 2.75) is 13.0 Å². The summed E-state index contributed by atoms with van der Waals surface area (Å²) in [5.41, 5.74) is 4.66. The number of nitrogens with one attached hydrogen (secondary N) is 2. The van der Waals surface area contributed by atoms with Crippen molar-refractivity contribution < 1.29 is 19.1 Å². The molecule has 2 aliphatic heterocycles. The smallest absolute Gasteiger partial charge is 0.247 e. The number of likely N-dealkylation sites (tertiary alicyclic amines) is 1. The second-order valence-electron chi connectivity index (χ2n) is 7.78. The highest BCUT2D eigenvalue weighted by Crippen LogP contribution is 2.34. The van der Waals surface area contributed by atoms with Gasteiger partial charge in [-0.25, -0.2) is 10.4 Å². The maximum Gasteiger partial charge on any atom is 0.247 e. The van der Waals surface area contributed by atoms with E-state index in [1.54, 1.807) is 37.4 Å². The van der Waals surface area contributed by atoms with Crippen LogP contribution >= 0.6 is 0 Å². The lowest BCUT2D eigenvalue weighted by Gasteiger charge is -2.37. The second-order valence-corrected chi connectivity index (χ2v) is 7.78. The molecule has 0 bridgehead atoms. The van der Waals surface area contributed by atoms with Crippen LogP contribution in [0.1, 0.15) is 6.92 Å². The Morgan fingerprint density at radius 3 is 2.58 bits per heavy atom. The van der Waals surface area contributed by atoms with E-state index in [2.05, 4.69) is 15.6 Å². The van der Waals surface area contributed by atoms with Gasteiger partial charge < -0.3 is 19.7 Å². The van der Waals surface area contributed by atoms with Crippen molar-refractivity contribution in [3.8, 4) is 11.5 Å². The predicted octanol–water partition coefficient (Wildman–Crippen LogP) is 2.13. The van der Waals surface area contributed by atoms with Gasteiger partial charge in [0, 0.05) is 19.2 Å². The monoisotopic (exact) mass is 424 g/mol. The minimum Gasteiger partial charge on any atom is -0.497 e. The number of ether oxygens (including phenoxy) is 2. The number of anilines is 2. The first-order valence-electron chi connectivity index (χ1n) is 10.5. The summed E-state index contributed by atoms with van der Waals surface area (Å²) in [6, 6.07) is 14.5. The number of benzene rings is 2. The highest BCUT2D eigenvalue weighted by molar-refractivity contribution is 6.00. The van der Waals surface area contributed by atoms with Crippen molar-refractivity contribution in [2.24, 2.45) is 11.8 Å². The van der Waals surface area contributed by atoms with Gasteiger partial charge in [0.25, 0.3) is 0 Å². The summed E-state index contributed by atoms with van der Waals surface area (Å²) in [4.78, 5) is 28.7. The van der Waals surface area contributed by atoms with E-state index in [0.717, 1.165) is 12.2 Å². The number of hydrazine groups is 1. The van der Waals surface area contributed by atoms with Gasteiger partial charge in [-0.2, -0.15) is 0 Å². The number of amides is 2. The van der Waals surface area contributed by atoms with Gasteiger partial charge in [-0.15, -0.1) is 0 Å². The lowest BCUT2D eigenvalue weighted by atomic mass is 9.84. The number of fused-ring (bicyclic) bond motifs is 1. The van der Waals surface area contributed by atoms with Crippen molar-refractivity contribution in [1.29, 1.82) is 0 Å². The molecule has 2 saturated heterocycles. The fourth-order valence-electron chi connectivity index (χ4n) is 4.34. The first-order valence-corrected chi connectivity index (χ1v) is 10.5. The van der Waals surface area contributed by atoms with E-state index in [4.69, 9.17) is 9.47 Å². The summed E-state index contributed by atoms with van der Waals surface area (Å²) in [5, 5.41) is 4.58. The molecule has 3 unspecified atom stereocenters. The van der Waals surface area contributed by atoms with Crippen LogP contribution in [-0.2, 0) is 9.59 Å². The standard InChI is InChI=1S/C23H28N4O4/c1-4-26-13-17(22(28)24-19-11-10-16(30-2)12-20(19)31-3)21-18(14-26)23(29)27(25-21)15-8-6-5-7-9-15/h5-12,17-18,21,25H,4,13-14H2,1-3H3,(H,24,28). The molecule has 8 nitrogen and oxygen atoms in total. The van der Waals surface area contributed by atoms with E-state index in [1.165, 1.54) is 0 Å². The fourth-order valence-corrected chi connectivity index (χ4v) is 4.34. The van der Waals surface area contributed by atoms with Crippen molar-refractivity contribution >= 4 is 23.2 Å². The van der Waals surface area contributed by atoms with Gasteiger partial charge in [0.15, 0.2) is 0 Å². The van der Waals surface area contributed by atoms with E-state index in [-0.39, 0.29) is 23.8 Å². The van der Waals surface area contributed by atoms with Crippen LogP contribution in [-0.4, -0.2) is 56.6 Å². The molecule has 31 heavy (non-hydrogen) atoms. The van der Waals surface area contributed by atoms with E-state index < -0.39 is 5.92 Å². The van der Waals surface area contributed by atoms with Gasteiger partial charge >= 0.3 is 0 Å². The molecule has 2 heterocycles. The van der Waals surface area contributed by atoms with E-state index in [1.807, 2.05) is 37.3 Å². The van der Waals surface area contributed by atoms with Gasteiger partial charge in [0.1, 0.15) is 11.5 Å². The largest absolute Gasteiger partial charge is 0.497 e. The lowest BCUT2D eigenvalue weighted by Crippen LogP contribution is -2.55. The zero-order valence-electron chi connectivity index (χ0n) is 18.0. The Balaban J connectivity index is 1.58. The van der Waals surface area contributed by atoms with E-state index in [0.29, 0.717) is 30.3 Å². The number of carbonyl (C=O) groups is 2. The number of para-hydroxylation sites is 1. The molecular weight excluding hydrogens is 396 g/mol. The Hall–Kier alpha value is -3.10. The zero-order valence-corrected chi connectivity index (χ0v) is 18.0. The molecule has 0 aliphatic carbocycles. The SMILES string of the molecule is CCN1CC(C(=O)Nc2ccc(OC)cc2OC)C2NN(c3ccccc3)C(=O)C2C1. The Labute approximate surface area is 182 Å². The molecule has 2 N–H and O–H groups in total. The maximum absolute atomic E-state index is 13.3. The number of carbonyl (C=O) groups excluding carboxylic acids is 2. The molecule has 2 aliphatic rings. The highest BCUT2D eigenvalue weighted by atomic mass is 16.5. The average Bonchev–Trinajstić information content (AvgIpc) is 3.15. The van der Waals surface area contributed by atoms with Crippen molar-refractivity contribution in [1.82, 2.24) is 10.3 Å². The molecule has 8 heteroatoms. The molecule has 4 rings (SSSR count). The van der Waals surface area contributed by atoms with Gasteiger partial charge in [0.05, 0.1) is 43.5 Å². The fraction of sp³-hybridized carbons (Fsp3) is 0.391. The number of hydrogen-bond donors (Lipinski definition) is 2. The number of hydrogen-bond acceptors (Lipinski definition) is 6. The minimum absolute atomic E-state index is 0.00539. The van der Waals surface area contributed by atoms with Crippen LogP contribution in [0.4, 0.5) is 11.4 Å². The molecule has 0 spiro atoms. The highest BCUT2D eigenvalue weighted by Gasteiger charge is 2.50. The molecule has 2 amide bonds. The molecule has 0 aromatic heterocycles. The maximum atomic E-state index is 13.3. The third-order valence-corrected chi connectivity index (χ3v) is 6.06. The van der Waals surface area contributed by atoms with Crippen LogP contribution in [0, 0.1) is 11.8 Å². The molecule has 2 fully saturated rings. The lowest BCUT2D eigenvalue weighted by molar-refractivity contribution is -0.126. The van der Waals surface area contributed by atoms with Crippen molar-refractivity contribution in [3.63, 3.8) is 0 Å². The Morgan fingerprint density at radius 2 is 1.90 bits per heavy atom. The van der Waals surface area contributed by atoms with Gasteiger partial charge in [-0.3, -0.25) is 9.59 Å². The van der Waals surface area contributed by atoms with Crippen LogP contribution < -0.4 is 25.2 Å². The molecule has 2 aromatic carbocycles. The first kappa shape index (κ1) is 21.1. The quantitative estimate of drug-likeness (QED) is 0.739. The van der Waals surface area contributed by atoms with Crippen LogP contribution in [0.15, 0.2) is 48.5 Å². The molecule has 0 saturated carbocycles. The summed E-state index contributed by atoms with van der Waals surface area (Å²) in [7, 11) is 3.13. The Morgan fingerprint density at radius 1 is 1.13 bits per heavy atom. The van der Waals surface area contributed by atoms with Crippen LogP contribution in [0.3, 0.4) is 0 Å². The first-order chi connectivity index (χ1) is 15.0.